The molecule has 0 atom stereocenters. The number of rotatable bonds is 2. The van der Waals surface area contributed by atoms with E-state index in [1.165, 1.54) is 6.20 Å². The van der Waals surface area contributed by atoms with Gasteiger partial charge in [-0.3, -0.25) is 5.21 Å². The van der Waals surface area contributed by atoms with Crippen molar-refractivity contribution in [2.75, 3.05) is 11.6 Å². The van der Waals surface area contributed by atoms with E-state index in [2.05, 4.69) is 16.3 Å². The second-order valence-electron chi connectivity index (χ2n) is 1.73. The van der Waals surface area contributed by atoms with E-state index in [4.69, 9.17) is 5.21 Å². The first-order valence-electron chi connectivity index (χ1n) is 3.00. The predicted octanol–water partition coefficient (Wildman–Crippen LogP) is 0.492. The van der Waals surface area contributed by atoms with Crippen LogP contribution in [0.4, 0.5) is 5.82 Å². The van der Waals surface area contributed by atoms with Gasteiger partial charge < -0.3 is 0 Å². The summed E-state index contributed by atoms with van der Waals surface area (Å²) in [4.78, 5) is 7.28. The molecule has 1 aromatic rings. The van der Waals surface area contributed by atoms with Gasteiger partial charge in [0.2, 0.25) is 0 Å². The van der Waals surface area contributed by atoms with E-state index in [0.717, 1.165) is 5.06 Å². The summed E-state index contributed by atoms with van der Waals surface area (Å²) < 4.78 is 0. The highest BCUT2D eigenvalue weighted by atomic mass is 16.5. The molecule has 0 saturated heterocycles. The van der Waals surface area contributed by atoms with Crippen LogP contribution in [-0.2, 0) is 0 Å². The molecule has 0 saturated carbocycles. The molecule has 53 valence electrons. The third-order valence-electron chi connectivity index (χ3n) is 1.08. The molecular weight excluding hydrogens is 130 g/mol. The maximum absolute atomic E-state index is 9.05. The molecule has 0 aliphatic heterocycles. The molecule has 0 aromatic carbocycles. The summed E-state index contributed by atoms with van der Waals surface area (Å²) in [5.41, 5.74) is 0. The van der Waals surface area contributed by atoms with Gasteiger partial charge in [0.15, 0.2) is 12.1 Å². The third kappa shape index (κ3) is 1.41. The van der Waals surface area contributed by atoms with Gasteiger partial charge in [0, 0.05) is 18.8 Å². The van der Waals surface area contributed by atoms with Crippen LogP contribution in [-0.4, -0.2) is 21.7 Å². The first kappa shape index (κ1) is 6.95. The fourth-order valence-electron chi connectivity index (χ4n) is 0.560. The molecule has 0 aliphatic carbocycles. The van der Waals surface area contributed by atoms with Crippen molar-refractivity contribution in [3.05, 3.63) is 18.6 Å². The third-order valence-corrected chi connectivity index (χ3v) is 1.08. The summed E-state index contributed by atoms with van der Waals surface area (Å²) in [6.07, 6.45) is 3.90. The maximum Gasteiger partial charge on any atom is 0.199 e. The normalized spacial score (nSPS) is 9.40. The Bertz CT molecular complexity index is 189. The molecule has 0 unspecified atom stereocenters. The Morgan fingerprint density at radius 3 is 3.10 bits per heavy atom. The molecule has 4 nitrogen and oxygen atoms in total. The van der Waals surface area contributed by atoms with E-state index in [1.807, 2.05) is 6.92 Å². The zero-order chi connectivity index (χ0) is 7.40. The molecule has 0 aliphatic rings. The Kier molecular flexibility index (Phi) is 2.17. The van der Waals surface area contributed by atoms with Crippen molar-refractivity contribution in [2.24, 2.45) is 0 Å². The van der Waals surface area contributed by atoms with Crippen molar-refractivity contribution in [3.63, 3.8) is 0 Å². The quantitative estimate of drug-likeness (QED) is 0.604. The summed E-state index contributed by atoms with van der Waals surface area (Å²) in [5, 5.41) is 10.1. The van der Waals surface area contributed by atoms with Gasteiger partial charge in [0.05, 0.1) is 0 Å². The molecular formula is C6H8N3O. The van der Waals surface area contributed by atoms with E-state index < -0.39 is 0 Å². The Hall–Kier alpha value is -1.16. The van der Waals surface area contributed by atoms with E-state index >= 15 is 0 Å². The zero-order valence-corrected chi connectivity index (χ0v) is 5.65. The van der Waals surface area contributed by atoms with Gasteiger partial charge in [0.1, 0.15) is 0 Å². The van der Waals surface area contributed by atoms with Gasteiger partial charge in [-0.2, -0.15) is 0 Å². The number of anilines is 1. The highest BCUT2D eigenvalue weighted by molar-refractivity contribution is 5.31. The van der Waals surface area contributed by atoms with Gasteiger partial charge in [-0.25, -0.2) is 15.0 Å². The molecule has 4 heteroatoms. The van der Waals surface area contributed by atoms with E-state index in [-0.39, 0.29) is 0 Å². The first-order valence-corrected chi connectivity index (χ1v) is 3.00. The molecule has 0 amide bonds. The number of aromatic nitrogens is 2. The van der Waals surface area contributed by atoms with Gasteiger partial charge >= 0.3 is 0 Å². The first-order chi connectivity index (χ1) is 4.84. The summed E-state index contributed by atoms with van der Waals surface area (Å²) in [5.74, 6) is 0.470. The SMILES string of the molecule is CCN(O)c1ccn[c]n1. The number of hydrogen-bond acceptors (Lipinski definition) is 4. The lowest BCUT2D eigenvalue weighted by Crippen LogP contribution is -2.17. The fraction of sp³-hybridized carbons (Fsp3) is 0.333. The standard InChI is InChI=1S/C6H8N3O/c1-2-9(10)6-3-4-7-5-8-6/h3-4,10H,2H2,1H3. The minimum Gasteiger partial charge on any atom is -0.287 e. The van der Waals surface area contributed by atoms with Crippen molar-refractivity contribution in [1.82, 2.24) is 9.97 Å². The highest BCUT2D eigenvalue weighted by Crippen LogP contribution is 2.02. The summed E-state index contributed by atoms with van der Waals surface area (Å²) in [7, 11) is 0. The minimum atomic E-state index is 0.470. The second kappa shape index (κ2) is 3.12. The van der Waals surface area contributed by atoms with Crippen LogP contribution in [0.2, 0.25) is 0 Å². The molecule has 1 rings (SSSR count). The zero-order valence-electron chi connectivity index (χ0n) is 5.65. The fourth-order valence-corrected chi connectivity index (χ4v) is 0.560. The van der Waals surface area contributed by atoms with Crippen molar-refractivity contribution in [3.8, 4) is 0 Å². The van der Waals surface area contributed by atoms with Gasteiger partial charge in [-0.05, 0) is 6.92 Å². The summed E-state index contributed by atoms with van der Waals surface area (Å²) in [6, 6.07) is 1.61. The molecule has 1 N–H and O–H groups in total. The van der Waals surface area contributed by atoms with Gasteiger partial charge in [-0.15, -0.1) is 0 Å². The van der Waals surface area contributed by atoms with Crippen molar-refractivity contribution in [1.29, 1.82) is 0 Å². The minimum absolute atomic E-state index is 0.470. The lowest BCUT2D eigenvalue weighted by molar-refractivity contribution is 0.256. The van der Waals surface area contributed by atoms with Gasteiger partial charge in [-0.1, -0.05) is 0 Å². The van der Waals surface area contributed by atoms with Crippen LogP contribution in [0, 0.1) is 6.33 Å². The monoisotopic (exact) mass is 138 g/mol. The summed E-state index contributed by atoms with van der Waals surface area (Å²) in [6.45, 7) is 2.33. The Morgan fingerprint density at radius 2 is 2.60 bits per heavy atom. The maximum atomic E-state index is 9.05. The van der Waals surface area contributed by atoms with E-state index in [0.29, 0.717) is 12.4 Å². The topological polar surface area (TPSA) is 49.2 Å². The molecule has 1 aromatic heterocycles. The van der Waals surface area contributed by atoms with Gasteiger partial charge in [0.25, 0.3) is 0 Å². The number of hydrogen-bond donors (Lipinski definition) is 1. The van der Waals surface area contributed by atoms with Crippen molar-refractivity contribution < 1.29 is 5.21 Å². The molecule has 10 heavy (non-hydrogen) atoms. The average Bonchev–Trinajstić information content (AvgIpc) is 2.05. The molecule has 0 bridgehead atoms. The number of nitrogens with zero attached hydrogens (tertiary/aromatic N) is 3. The lowest BCUT2D eigenvalue weighted by atomic mass is 10.5. The molecule has 1 heterocycles. The molecule has 0 fully saturated rings. The highest BCUT2D eigenvalue weighted by Gasteiger charge is 1.97. The van der Waals surface area contributed by atoms with E-state index in [9.17, 15) is 0 Å². The lowest BCUT2D eigenvalue weighted by Gasteiger charge is -2.10. The van der Waals surface area contributed by atoms with E-state index in [1.54, 1.807) is 6.07 Å². The van der Waals surface area contributed by atoms with Crippen molar-refractivity contribution in [2.45, 2.75) is 6.92 Å². The van der Waals surface area contributed by atoms with Crippen LogP contribution in [0.25, 0.3) is 0 Å². The number of hydroxylamine groups is 1. The van der Waals surface area contributed by atoms with Crippen LogP contribution in [0.3, 0.4) is 0 Å². The summed E-state index contributed by atoms with van der Waals surface area (Å²) >= 11 is 0. The largest absolute Gasteiger partial charge is 0.287 e. The predicted molar refractivity (Wildman–Crippen MR) is 35.7 cm³/mol. The van der Waals surface area contributed by atoms with Crippen LogP contribution in [0.15, 0.2) is 12.3 Å². The Labute approximate surface area is 59.1 Å². The molecule has 0 spiro atoms. The smallest absolute Gasteiger partial charge is 0.199 e. The van der Waals surface area contributed by atoms with Crippen LogP contribution >= 0.6 is 0 Å². The van der Waals surface area contributed by atoms with Crippen LogP contribution in [0.5, 0.6) is 0 Å². The Morgan fingerprint density at radius 1 is 1.80 bits per heavy atom. The Balaban J connectivity index is 2.75. The van der Waals surface area contributed by atoms with Crippen LogP contribution in [0.1, 0.15) is 6.92 Å². The van der Waals surface area contributed by atoms with Crippen LogP contribution < -0.4 is 5.06 Å². The van der Waals surface area contributed by atoms with Crippen molar-refractivity contribution >= 4 is 5.82 Å². The molecule has 1 radical (unpaired) electrons. The second-order valence-corrected chi connectivity index (χ2v) is 1.73. The average molecular weight is 138 g/mol.